The van der Waals surface area contributed by atoms with Crippen molar-refractivity contribution in [3.8, 4) is 12.1 Å². The molecular weight excluding hydrogens is 182 g/mol. The van der Waals surface area contributed by atoms with E-state index in [1.165, 1.54) is 0 Å². The highest BCUT2D eigenvalue weighted by Crippen LogP contribution is 2.33. The molecule has 0 fully saturated rings. The molecule has 0 saturated heterocycles. The molecule has 0 atom stereocenters. The Kier molecular flexibility index (Phi) is 2.00. The third-order valence-corrected chi connectivity index (χ3v) is 2.50. The van der Waals surface area contributed by atoms with Crippen molar-refractivity contribution in [2.75, 3.05) is 5.73 Å². The van der Waals surface area contributed by atoms with Crippen LogP contribution in [0.4, 0.5) is 5.00 Å². The van der Waals surface area contributed by atoms with Gasteiger partial charge in [-0.05, 0) is 0 Å². The molecule has 2 N–H and O–H groups in total. The SMILES string of the molecule is N#Cc1sc(N)c(C#N)c1Cl. The van der Waals surface area contributed by atoms with E-state index in [-0.39, 0.29) is 10.6 Å². The molecule has 0 aromatic carbocycles. The van der Waals surface area contributed by atoms with Crippen molar-refractivity contribution in [2.45, 2.75) is 0 Å². The van der Waals surface area contributed by atoms with Crippen LogP contribution in [0, 0.1) is 22.7 Å². The van der Waals surface area contributed by atoms with E-state index in [1.54, 1.807) is 0 Å². The van der Waals surface area contributed by atoms with E-state index in [2.05, 4.69) is 0 Å². The highest BCUT2D eigenvalue weighted by molar-refractivity contribution is 7.17. The zero-order valence-electron chi connectivity index (χ0n) is 5.26. The largest absolute Gasteiger partial charge is 0.389 e. The molecule has 5 heteroatoms. The number of hydrogen-bond acceptors (Lipinski definition) is 4. The summed E-state index contributed by atoms with van der Waals surface area (Å²) in [6.45, 7) is 0. The maximum absolute atomic E-state index is 8.49. The normalized spacial score (nSPS) is 8.64. The first kappa shape index (κ1) is 7.87. The summed E-state index contributed by atoms with van der Waals surface area (Å²) in [5.41, 5.74) is 5.59. The summed E-state index contributed by atoms with van der Waals surface area (Å²) in [5.74, 6) is 0. The molecule has 0 aliphatic rings. The van der Waals surface area contributed by atoms with Gasteiger partial charge >= 0.3 is 0 Å². The molecule has 0 radical (unpaired) electrons. The predicted molar refractivity (Wildman–Crippen MR) is 43.2 cm³/mol. The highest BCUT2D eigenvalue weighted by Gasteiger charge is 2.13. The summed E-state index contributed by atoms with van der Waals surface area (Å²) in [4.78, 5) is 0.292. The highest BCUT2D eigenvalue weighted by atomic mass is 35.5. The first-order valence-corrected chi connectivity index (χ1v) is 3.78. The quantitative estimate of drug-likeness (QED) is 0.666. The Morgan fingerprint density at radius 2 is 2.00 bits per heavy atom. The smallest absolute Gasteiger partial charge is 0.126 e. The third kappa shape index (κ3) is 1.14. The second kappa shape index (κ2) is 2.79. The van der Waals surface area contributed by atoms with E-state index in [0.717, 1.165) is 11.3 Å². The molecule has 1 aromatic rings. The minimum Gasteiger partial charge on any atom is -0.389 e. The lowest BCUT2D eigenvalue weighted by Gasteiger charge is -1.82. The predicted octanol–water partition coefficient (Wildman–Crippen LogP) is 1.73. The van der Waals surface area contributed by atoms with E-state index in [4.69, 9.17) is 27.9 Å². The van der Waals surface area contributed by atoms with Gasteiger partial charge in [-0.15, -0.1) is 11.3 Å². The molecule has 1 heterocycles. The maximum atomic E-state index is 8.49. The average Bonchev–Trinajstić information content (AvgIpc) is 2.26. The number of nitrogen functional groups attached to an aromatic ring is 1. The fourth-order valence-electron chi connectivity index (χ4n) is 0.604. The van der Waals surface area contributed by atoms with Crippen molar-refractivity contribution in [2.24, 2.45) is 0 Å². The number of anilines is 1. The zero-order chi connectivity index (χ0) is 8.43. The molecule has 0 aliphatic heterocycles. The van der Waals surface area contributed by atoms with Crippen LogP contribution in [0.15, 0.2) is 0 Å². The first-order valence-electron chi connectivity index (χ1n) is 2.58. The van der Waals surface area contributed by atoms with Gasteiger partial charge in [0.05, 0.1) is 5.02 Å². The van der Waals surface area contributed by atoms with Gasteiger partial charge in [0.1, 0.15) is 27.6 Å². The van der Waals surface area contributed by atoms with Gasteiger partial charge in [-0.1, -0.05) is 11.6 Å². The number of nitriles is 2. The van der Waals surface area contributed by atoms with Crippen LogP contribution in [-0.2, 0) is 0 Å². The van der Waals surface area contributed by atoms with Gasteiger partial charge in [0.15, 0.2) is 0 Å². The van der Waals surface area contributed by atoms with E-state index in [0.29, 0.717) is 9.88 Å². The van der Waals surface area contributed by atoms with Gasteiger partial charge < -0.3 is 5.73 Å². The van der Waals surface area contributed by atoms with Gasteiger partial charge in [-0.3, -0.25) is 0 Å². The van der Waals surface area contributed by atoms with E-state index < -0.39 is 0 Å². The molecule has 1 rings (SSSR count). The summed E-state index contributed by atoms with van der Waals surface area (Å²) in [7, 11) is 0. The molecule has 0 amide bonds. The lowest BCUT2D eigenvalue weighted by molar-refractivity contribution is 1.50. The van der Waals surface area contributed by atoms with Crippen molar-refractivity contribution in [3.63, 3.8) is 0 Å². The number of halogens is 1. The average molecular weight is 184 g/mol. The van der Waals surface area contributed by atoms with Crippen LogP contribution in [0.2, 0.25) is 5.02 Å². The summed E-state index contributed by atoms with van der Waals surface area (Å²) >= 11 is 6.64. The molecule has 0 bridgehead atoms. The van der Waals surface area contributed by atoms with Gasteiger partial charge in [0.2, 0.25) is 0 Å². The first-order chi connectivity index (χ1) is 5.20. The van der Waals surface area contributed by atoms with Gasteiger partial charge in [-0.2, -0.15) is 10.5 Å². The Hall–Kier alpha value is -1.23. The van der Waals surface area contributed by atoms with E-state index in [1.807, 2.05) is 12.1 Å². The minimum atomic E-state index is 0.164. The van der Waals surface area contributed by atoms with Crippen LogP contribution in [0.3, 0.4) is 0 Å². The maximum Gasteiger partial charge on any atom is 0.126 e. The molecule has 54 valence electrons. The van der Waals surface area contributed by atoms with E-state index in [9.17, 15) is 0 Å². The van der Waals surface area contributed by atoms with Crippen LogP contribution in [0.1, 0.15) is 10.4 Å². The lowest BCUT2D eigenvalue weighted by atomic mass is 10.3. The van der Waals surface area contributed by atoms with Gasteiger partial charge in [0.25, 0.3) is 0 Å². The lowest BCUT2D eigenvalue weighted by Crippen LogP contribution is -1.81. The Morgan fingerprint density at radius 1 is 1.36 bits per heavy atom. The second-order valence-electron chi connectivity index (χ2n) is 1.71. The molecule has 11 heavy (non-hydrogen) atoms. The standard InChI is InChI=1S/C6H2ClN3S/c7-5-3(1-8)6(10)11-4(5)2-9/h10H2. The number of hydrogen-bond donors (Lipinski definition) is 1. The Bertz CT molecular complexity index is 368. The summed E-state index contributed by atoms with van der Waals surface area (Å²) in [5, 5.41) is 17.4. The number of thiophene rings is 1. The molecule has 0 spiro atoms. The van der Waals surface area contributed by atoms with Crippen molar-refractivity contribution in [1.29, 1.82) is 10.5 Å². The van der Waals surface area contributed by atoms with Crippen molar-refractivity contribution < 1.29 is 0 Å². The Labute approximate surface area is 72.2 Å². The summed E-state index contributed by atoms with van der Waals surface area (Å²) in [6.07, 6.45) is 0. The molecular formula is C6H2ClN3S. The monoisotopic (exact) mass is 183 g/mol. The molecule has 0 unspecified atom stereocenters. The van der Waals surface area contributed by atoms with Crippen LogP contribution in [-0.4, -0.2) is 0 Å². The zero-order valence-corrected chi connectivity index (χ0v) is 6.83. The number of nitrogens with two attached hydrogens (primary N) is 1. The van der Waals surface area contributed by atoms with Crippen molar-refractivity contribution in [1.82, 2.24) is 0 Å². The number of nitrogens with zero attached hydrogens (tertiary/aromatic N) is 2. The molecule has 1 aromatic heterocycles. The van der Waals surface area contributed by atoms with E-state index >= 15 is 0 Å². The third-order valence-electron chi connectivity index (χ3n) is 1.09. The van der Waals surface area contributed by atoms with Crippen LogP contribution >= 0.6 is 22.9 Å². The molecule has 0 aliphatic carbocycles. The molecule has 3 nitrogen and oxygen atoms in total. The van der Waals surface area contributed by atoms with Crippen molar-refractivity contribution >= 4 is 27.9 Å². The second-order valence-corrected chi connectivity index (χ2v) is 3.14. The summed E-state index contributed by atoms with van der Waals surface area (Å²) in [6, 6.07) is 3.67. The fourth-order valence-corrected chi connectivity index (χ4v) is 1.67. The Morgan fingerprint density at radius 3 is 2.27 bits per heavy atom. The minimum absolute atomic E-state index is 0.164. The van der Waals surface area contributed by atoms with Gasteiger partial charge in [0, 0.05) is 0 Å². The Balaban J connectivity index is 3.43. The van der Waals surface area contributed by atoms with Crippen LogP contribution in [0.5, 0.6) is 0 Å². The number of rotatable bonds is 0. The topological polar surface area (TPSA) is 73.6 Å². The van der Waals surface area contributed by atoms with Crippen LogP contribution < -0.4 is 5.73 Å². The summed E-state index contributed by atoms with van der Waals surface area (Å²) < 4.78 is 0. The fraction of sp³-hybridized carbons (Fsp3) is 0. The van der Waals surface area contributed by atoms with Crippen LogP contribution in [0.25, 0.3) is 0 Å². The molecule has 0 saturated carbocycles. The van der Waals surface area contributed by atoms with Gasteiger partial charge in [-0.25, -0.2) is 0 Å². The van der Waals surface area contributed by atoms with Crippen molar-refractivity contribution in [3.05, 3.63) is 15.5 Å².